The van der Waals surface area contributed by atoms with Crippen LogP contribution in [-0.4, -0.2) is 35.0 Å². The van der Waals surface area contributed by atoms with E-state index in [1.165, 1.54) is 11.1 Å². The molecule has 0 aliphatic carbocycles. The van der Waals surface area contributed by atoms with Crippen molar-refractivity contribution in [2.24, 2.45) is 5.92 Å². The maximum absolute atomic E-state index is 12.7. The largest absolute Gasteiger partial charge is 0.481 e. The molecule has 0 radical (unpaired) electrons. The van der Waals surface area contributed by atoms with Crippen LogP contribution in [0.3, 0.4) is 0 Å². The number of rotatable bonds is 7. The fourth-order valence-electron chi connectivity index (χ4n) is 3.57. The third-order valence-electron chi connectivity index (χ3n) is 5.29. The Morgan fingerprint density at radius 3 is 2.40 bits per heavy atom. The smallest absolute Gasteiger partial charge is 0.303 e. The van der Waals surface area contributed by atoms with Crippen molar-refractivity contribution in [1.82, 2.24) is 4.90 Å². The summed E-state index contributed by atoms with van der Waals surface area (Å²) in [6.07, 6.45) is 3.40. The van der Waals surface area contributed by atoms with Crippen molar-refractivity contribution in [3.8, 4) is 0 Å². The number of amides is 1. The first-order chi connectivity index (χ1) is 11.9. The molecule has 1 aromatic rings. The SMILES string of the molecule is CC(C)c1ccc(C(C)CC(=O)N2CCCC(CCC(=O)O)C2)cc1. The number of carbonyl (C=O) groups excluding carboxylic acids is 1. The molecule has 1 heterocycles. The number of hydrogen-bond donors (Lipinski definition) is 1. The van der Waals surface area contributed by atoms with Crippen LogP contribution < -0.4 is 0 Å². The lowest BCUT2D eigenvalue weighted by molar-refractivity contribution is -0.137. The van der Waals surface area contributed by atoms with E-state index in [1.807, 2.05) is 4.90 Å². The number of carboxylic acid groups (broad SMARTS) is 1. The molecule has 138 valence electrons. The molecule has 2 unspecified atom stereocenters. The second kappa shape index (κ2) is 9.02. The van der Waals surface area contributed by atoms with E-state index < -0.39 is 5.97 Å². The van der Waals surface area contributed by atoms with Crippen LogP contribution >= 0.6 is 0 Å². The van der Waals surface area contributed by atoms with Gasteiger partial charge in [-0.25, -0.2) is 0 Å². The van der Waals surface area contributed by atoms with Gasteiger partial charge in [0.15, 0.2) is 0 Å². The predicted octanol–water partition coefficient (Wildman–Crippen LogP) is 4.41. The Hall–Kier alpha value is -1.84. The summed E-state index contributed by atoms with van der Waals surface area (Å²) in [5.74, 6) is 0.493. The van der Waals surface area contributed by atoms with E-state index in [0.717, 1.165) is 19.4 Å². The molecular formula is C21H31NO3. The van der Waals surface area contributed by atoms with E-state index in [-0.39, 0.29) is 18.2 Å². The Morgan fingerprint density at radius 1 is 1.16 bits per heavy atom. The van der Waals surface area contributed by atoms with Gasteiger partial charge in [0, 0.05) is 25.9 Å². The molecule has 0 aromatic heterocycles. The summed E-state index contributed by atoms with van der Waals surface area (Å²) in [5.41, 5.74) is 2.52. The fourth-order valence-corrected chi connectivity index (χ4v) is 3.57. The minimum Gasteiger partial charge on any atom is -0.481 e. The highest BCUT2D eigenvalue weighted by Crippen LogP contribution is 2.26. The molecule has 1 aliphatic rings. The molecule has 2 rings (SSSR count). The summed E-state index contributed by atoms with van der Waals surface area (Å²) in [6, 6.07) is 8.59. The Morgan fingerprint density at radius 2 is 1.80 bits per heavy atom. The van der Waals surface area contributed by atoms with Crippen molar-refractivity contribution in [1.29, 1.82) is 0 Å². The fraction of sp³-hybridized carbons (Fsp3) is 0.619. The van der Waals surface area contributed by atoms with Gasteiger partial charge in [-0.15, -0.1) is 0 Å². The minimum atomic E-state index is -0.748. The summed E-state index contributed by atoms with van der Waals surface area (Å²) in [4.78, 5) is 25.3. The van der Waals surface area contributed by atoms with Crippen LogP contribution in [0.15, 0.2) is 24.3 Å². The van der Waals surface area contributed by atoms with Gasteiger partial charge in [-0.1, -0.05) is 45.0 Å². The van der Waals surface area contributed by atoms with E-state index in [9.17, 15) is 9.59 Å². The summed E-state index contributed by atoms with van der Waals surface area (Å²) >= 11 is 0. The summed E-state index contributed by atoms with van der Waals surface area (Å²) in [7, 11) is 0. The van der Waals surface area contributed by atoms with Crippen molar-refractivity contribution in [2.45, 2.75) is 64.7 Å². The maximum atomic E-state index is 12.7. The summed E-state index contributed by atoms with van der Waals surface area (Å²) < 4.78 is 0. The third kappa shape index (κ3) is 5.87. The van der Waals surface area contributed by atoms with Gasteiger partial charge in [-0.05, 0) is 48.1 Å². The first-order valence-corrected chi connectivity index (χ1v) is 9.46. The Labute approximate surface area is 151 Å². The minimum absolute atomic E-state index is 0.195. The quantitative estimate of drug-likeness (QED) is 0.796. The molecule has 1 aliphatic heterocycles. The summed E-state index contributed by atoms with van der Waals surface area (Å²) in [6.45, 7) is 7.98. The zero-order valence-corrected chi connectivity index (χ0v) is 15.7. The number of likely N-dealkylation sites (tertiary alicyclic amines) is 1. The van der Waals surface area contributed by atoms with E-state index in [2.05, 4.69) is 45.0 Å². The van der Waals surface area contributed by atoms with Gasteiger partial charge >= 0.3 is 5.97 Å². The van der Waals surface area contributed by atoms with E-state index in [1.54, 1.807) is 0 Å². The Bertz CT molecular complexity index is 579. The van der Waals surface area contributed by atoms with Crippen molar-refractivity contribution in [2.75, 3.05) is 13.1 Å². The van der Waals surface area contributed by atoms with E-state index >= 15 is 0 Å². The van der Waals surface area contributed by atoms with Crippen LogP contribution in [0.1, 0.15) is 75.8 Å². The molecule has 0 bridgehead atoms. The monoisotopic (exact) mass is 345 g/mol. The van der Waals surface area contributed by atoms with Crippen LogP contribution in [0.25, 0.3) is 0 Å². The van der Waals surface area contributed by atoms with Gasteiger partial charge in [0.2, 0.25) is 5.91 Å². The van der Waals surface area contributed by atoms with E-state index in [4.69, 9.17) is 5.11 Å². The molecule has 4 heteroatoms. The molecule has 1 aromatic carbocycles. The molecule has 1 saturated heterocycles. The number of hydrogen-bond acceptors (Lipinski definition) is 2. The number of carboxylic acids is 1. The van der Waals surface area contributed by atoms with Crippen molar-refractivity contribution >= 4 is 11.9 Å². The topological polar surface area (TPSA) is 57.6 Å². The highest BCUT2D eigenvalue weighted by molar-refractivity contribution is 5.77. The molecule has 0 saturated carbocycles. The van der Waals surface area contributed by atoms with Crippen LogP contribution in [0.5, 0.6) is 0 Å². The number of nitrogens with zero attached hydrogens (tertiary/aromatic N) is 1. The lowest BCUT2D eigenvalue weighted by atomic mass is 9.91. The molecule has 1 fully saturated rings. The highest BCUT2D eigenvalue weighted by atomic mass is 16.4. The van der Waals surface area contributed by atoms with Crippen LogP contribution in [0.2, 0.25) is 0 Å². The standard InChI is InChI=1S/C21H31NO3/c1-15(2)18-7-9-19(10-8-18)16(3)13-20(23)22-12-4-5-17(14-22)6-11-21(24)25/h7-10,15-17H,4-6,11-14H2,1-3H3,(H,24,25). The van der Waals surface area contributed by atoms with Gasteiger partial charge in [-0.2, -0.15) is 0 Å². The molecule has 0 spiro atoms. The number of aliphatic carboxylic acids is 1. The van der Waals surface area contributed by atoms with Gasteiger partial charge in [-0.3, -0.25) is 9.59 Å². The normalized spacial score (nSPS) is 19.0. The number of piperidine rings is 1. The van der Waals surface area contributed by atoms with Gasteiger partial charge in [0.05, 0.1) is 0 Å². The number of benzene rings is 1. The van der Waals surface area contributed by atoms with Gasteiger partial charge < -0.3 is 10.0 Å². The average Bonchev–Trinajstić information content (AvgIpc) is 2.60. The molecule has 1 N–H and O–H groups in total. The zero-order chi connectivity index (χ0) is 18.4. The van der Waals surface area contributed by atoms with Crippen LogP contribution in [0, 0.1) is 5.92 Å². The van der Waals surface area contributed by atoms with Gasteiger partial charge in [0.25, 0.3) is 0 Å². The van der Waals surface area contributed by atoms with Crippen molar-refractivity contribution in [3.05, 3.63) is 35.4 Å². The Kier molecular flexibility index (Phi) is 7.03. The third-order valence-corrected chi connectivity index (χ3v) is 5.29. The molecule has 2 atom stereocenters. The first kappa shape index (κ1) is 19.5. The predicted molar refractivity (Wildman–Crippen MR) is 99.7 cm³/mol. The van der Waals surface area contributed by atoms with E-state index in [0.29, 0.717) is 31.2 Å². The second-order valence-corrected chi connectivity index (χ2v) is 7.71. The molecule has 4 nitrogen and oxygen atoms in total. The lowest BCUT2D eigenvalue weighted by Crippen LogP contribution is -2.40. The molecule has 25 heavy (non-hydrogen) atoms. The average molecular weight is 345 g/mol. The van der Waals surface area contributed by atoms with Crippen molar-refractivity contribution < 1.29 is 14.7 Å². The first-order valence-electron chi connectivity index (χ1n) is 9.46. The van der Waals surface area contributed by atoms with Crippen molar-refractivity contribution in [3.63, 3.8) is 0 Å². The second-order valence-electron chi connectivity index (χ2n) is 7.71. The van der Waals surface area contributed by atoms with Gasteiger partial charge in [0.1, 0.15) is 0 Å². The Balaban J connectivity index is 1.88. The maximum Gasteiger partial charge on any atom is 0.303 e. The van der Waals surface area contributed by atoms with Crippen LogP contribution in [0.4, 0.5) is 0 Å². The highest BCUT2D eigenvalue weighted by Gasteiger charge is 2.25. The van der Waals surface area contributed by atoms with Crippen LogP contribution in [-0.2, 0) is 9.59 Å². The molecule has 1 amide bonds. The lowest BCUT2D eigenvalue weighted by Gasteiger charge is -2.33. The zero-order valence-electron chi connectivity index (χ0n) is 15.7. The summed E-state index contributed by atoms with van der Waals surface area (Å²) in [5, 5.41) is 8.84. The number of carbonyl (C=O) groups is 2. The molecular weight excluding hydrogens is 314 g/mol.